The minimum atomic E-state index is -0.759. The molecule has 134 valence electrons. The molecule has 0 aliphatic rings. The molecule has 2 aromatic rings. The van der Waals surface area contributed by atoms with Gasteiger partial charge in [0, 0.05) is 18.5 Å². The van der Waals surface area contributed by atoms with Crippen LogP contribution in [0.5, 0.6) is 5.75 Å². The van der Waals surface area contributed by atoms with Gasteiger partial charge in [0.2, 0.25) is 0 Å². The zero-order valence-electron chi connectivity index (χ0n) is 14.6. The average Bonchev–Trinajstić information content (AvgIpc) is 3.12. The molecule has 1 atom stereocenters. The molecule has 6 nitrogen and oxygen atoms in total. The third kappa shape index (κ3) is 4.14. The first-order chi connectivity index (χ1) is 11.9. The first-order valence-electron chi connectivity index (χ1n) is 7.78. The van der Waals surface area contributed by atoms with Crippen molar-refractivity contribution < 1.29 is 19.1 Å². The number of carbonyl (C=O) groups is 2. The van der Waals surface area contributed by atoms with Crippen LogP contribution in [0.2, 0.25) is 5.02 Å². The molecule has 0 saturated heterocycles. The fourth-order valence-corrected chi connectivity index (χ4v) is 2.69. The average molecular weight is 365 g/mol. The zero-order chi connectivity index (χ0) is 18.6. The van der Waals surface area contributed by atoms with Gasteiger partial charge in [0.25, 0.3) is 5.91 Å². The van der Waals surface area contributed by atoms with Gasteiger partial charge in [-0.3, -0.25) is 4.79 Å². The van der Waals surface area contributed by atoms with Crippen LogP contribution in [0.3, 0.4) is 0 Å². The van der Waals surface area contributed by atoms with Crippen LogP contribution in [-0.2, 0) is 9.53 Å². The van der Waals surface area contributed by atoms with Gasteiger partial charge < -0.3 is 19.4 Å². The monoisotopic (exact) mass is 364 g/mol. The van der Waals surface area contributed by atoms with Crippen LogP contribution in [-0.4, -0.2) is 36.7 Å². The molecule has 0 aliphatic carbocycles. The summed E-state index contributed by atoms with van der Waals surface area (Å²) in [6, 6.07) is 6.18. The van der Waals surface area contributed by atoms with Gasteiger partial charge in [-0.25, -0.2) is 4.79 Å². The van der Waals surface area contributed by atoms with Crippen molar-refractivity contribution in [3.8, 4) is 11.4 Å². The Morgan fingerprint density at radius 1 is 1.16 bits per heavy atom. The Morgan fingerprint density at radius 2 is 1.80 bits per heavy atom. The van der Waals surface area contributed by atoms with Crippen LogP contribution in [0.15, 0.2) is 36.7 Å². The smallest absolute Gasteiger partial charge is 0.328 e. The van der Waals surface area contributed by atoms with Crippen molar-refractivity contribution in [3.63, 3.8) is 0 Å². The number of nitrogens with zero attached hydrogens (tertiary/aromatic N) is 1. The molecule has 0 bridgehead atoms. The SMILES string of the molecule is COC(=O)[C@@H](NC(=O)c1cc(Cl)c(-n2cccc2)cc1OC)C(C)C. The molecule has 0 fully saturated rings. The van der Waals surface area contributed by atoms with E-state index in [-0.39, 0.29) is 11.5 Å². The van der Waals surface area contributed by atoms with Crippen LogP contribution in [0.25, 0.3) is 5.69 Å². The van der Waals surface area contributed by atoms with E-state index in [0.29, 0.717) is 16.5 Å². The van der Waals surface area contributed by atoms with Crippen molar-refractivity contribution in [1.82, 2.24) is 9.88 Å². The molecule has 0 unspecified atom stereocenters. The number of aromatic nitrogens is 1. The number of halogens is 1. The normalized spacial score (nSPS) is 11.9. The van der Waals surface area contributed by atoms with Gasteiger partial charge >= 0.3 is 5.97 Å². The van der Waals surface area contributed by atoms with Gasteiger partial charge in [0.1, 0.15) is 11.8 Å². The molecular weight excluding hydrogens is 344 g/mol. The van der Waals surface area contributed by atoms with E-state index in [0.717, 1.165) is 0 Å². The van der Waals surface area contributed by atoms with E-state index >= 15 is 0 Å². The predicted octanol–water partition coefficient (Wildman–Crippen LogP) is 3.07. The van der Waals surface area contributed by atoms with E-state index in [9.17, 15) is 9.59 Å². The van der Waals surface area contributed by atoms with Crippen LogP contribution >= 0.6 is 11.6 Å². The second-order valence-corrected chi connectivity index (χ2v) is 6.22. The highest BCUT2D eigenvalue weighted by Gasteiger charge is 2.27. The van der Waals surface area contributed by atoms with Gasteiger partial charge in [-0.05, 0) is 24.1 Å². The minimum Gasteiger partial charge on any atom is -0.496 e. The second kappa shape index (κ2) is 8.07. The number of methoxy groups -OCH3 is 2. The molecule has 0 aliphatic heterocycles. The number of hydrogen-bond acceptors (Lipinski definition) is 4. The number of hydrogen-bond donors (Lipinski definition) is 1. The van der Waals surface area contributed by atoms with Gasteiger partial charge in [0.15, 0.2) is 0 Å². The van der Waals surface area contributed by atoms with E-state index < -0.39 is 17.9 Å². The summed E-state index contributed by atoms with van der Waals surface area (Å²) in [5.41, 5.74) is 0.936. The largest absolute Gasteiger partial charge is 0.496 e. The summed E-state index contributed by atoms with van der Waals surface area (Å²) in [5.74, 6) is -0.728. The third-order valence-electron chi connectivity index (χ3n) is 3.80. The summed E-state index contributed by atoms with van der Waals surface area (Å²) < 4.78 is 11.9. The van der Waals surface area contributed by atoms with Crippen molar-refractivity contribution in [2.24, 2.45) is 5.92 Å². The van der Waals surface area contributed by atoms with Crippen molar-refractivity contribution >= 4 is 23.5 Å². The van der Waals surface area contributed by atoms with Crippen LogP contribution in [0.1, 0.15) is 24.2 Å². The van der Waals surface area contributed by atoms with E-state index in [1.807, 2.05) is 42.9 Å². The number of rotatable bonds is 6. The summed E-state index contributed by atoms with van der Waals surface area (Å²) in [5, 5.41) is 3.07. The maximum atomic E-state index is 12.6. The topological polar surface area (TPSA) is 69.6 Å². The third-order valence-corrected chi connectivity index (χ3v) is 4.11. The van der Waals surface area contributed by atoms with E-state index in [1.165, 1.54) is 20.3 Å². The molecule has 7 heteroatoms. The lowest BCUT2D eigenvalue weighted by molar-refractivity contribution is -0.144. The number of amides is 1. The Kier molecular flexibility index (Phi) is 6.09. The van der Waals surface area contributed by atoms with Crippen molar-refractivity contribution in [2.45, 2.75) is 19.9 Å². The van der Waals surface area contributed by atoms with Crippen LogP contribution in [0.4, 0.5) is 0 Å². The van der Waals surface area contributed by atoms with Crippen molar-refractivity contribution in [3.05, 3.63) is 47.2 Å². The molecule has 1 aromatic carbocycles. The molecule has 0 radical (unpaired) electrons. The number of benzene rings is 1. The Morgan fingerprint density at radius 3 is 2.32 bits per heavy atom. The number of ether oxygens (including phenoxy) is 2. The molecule has 0 saturated carbocycles. The predicted molar refractivity (Wildman–Crippen MR) is 95.4 cm³/mol. The van der Waals surface area contributed by atoms with Crippen molar-refractivity contribution in [1.29, 1.82) is 0 Å². The van der Waals surface area contributed by atoms with Crippen LogP contribution in [0, 0.1) is 5.92 Å². The zero-order valence-corrected chi connectivity index (χ0v) is 15.3. The van der Waals surface area contributed by atoms with Gasteiger partial charge in [-0.1, -0.05) is 25.4 Å². The summed E-state index contributed by atoms with van der Waals surface area (Å²) in [4.78, 5) is 24.5. The number of carbonyl (C=O) groups excluding carboxylic acids is 2. The first kappa shape index (κ1) is 18.9. The highest BCUT2D eigenvalue weighted by Crippen LogP contribution is 2.30. The quantitative estimate of drug-likeness (QED) is 0.800. The standard InChI is InChI=1S/C18H21ClN2O4/c1-11(2)16(18(23)25-4)20-17(22)12-9-13(19)14(10-15(12)24-3)21-7-5-6-8-21/h5-11,16H,1-4H3,(H,20,22)/t16-/m0/s1. The lowest BCUT2D eigenvalue weighted by atomic mass is 10.0. The lowest BCUT2D eigenvalue weighted by Crippen LogP contribution is -2.45. The maximum absolute atomic E-state index is 12.6. The van der Waals surface area contributed by atoms with E-state index in [1.54, 1.807) is 6.07 Å². The Balaban J connectivity index is 2.36. The highest BCUT2D eigenvalue weighted by molar-refractivity contribution is 6.33. The number of esters is 1. The molecular formula is C18H21ClN2O4. The second-order valence-electron chi connectivity index (χ2n) is 5.81. The van der Waals surface area contributed by atoms with Crippen LogP contribution < -0.4 is 10.1 Å². The lowest BCUT2D eigenvalue weighted by Gasteiger charge is -2.21. The molecule has 1 heterocycles. The summed E-state index contributed by atoms with van der Waals surface area (Å²) in [6.07, 6.45) is 3.68. The van der Waals surface area contributed by atoms with E-state index in [4.69, 9.17) is 21.1 Å². The highest BCUT2D eigenvalue weighted by atomic mass is 35.5. The van der Waals surface area contributed by atoms with E-state index in [2.05, 4.69) is 5.32 Å². The fraction of sp³-hybridized carbons (Fsp3) is 0.333. The molecule has 1 N–H and O–H groups in total. The van der Waals surface area contributed by atoms with Crippen molar-refractivity contribution in [2.75, 3.05) is 14.2 Å². The summed E-state index contributed by atoms with van der Waals surface area (Å²) >= 11 is 6.33. The fourth-order valence-electron chi connectivity index (χ4n) is 2.43. The molecule has 1 aromatic heterocycles. The Bertz CT molecular complexity index is 757. The molecule has 0 spiro atoms. The minimum absolute atomic E-state index is 0.128. The molecule has 1 amide bonds. The Labute approximate surface area is 151 Å². The Hall–Kier alpha value is -2.47. The van der Waals surface area contributed by atoms with Gasteiger partial charge in [-0.2, -0.15) is 0 Å². The summed E-state index contributed by atoms with van der Waals surface area (Å²) in [6.45, 7) is 3.64. The maximum Gasteiger partial charge on any atom is 0.328 e. The first-order valence-corrected chi connectivity index (χ1v) is 8.16. The molecule has 2 rings (SSSR count). The summed E-state index contributed by atoms with van der Waals surface area (Å²) in [7, 11) is 2.76. The van der Waals surface area contributed by atoms with Gasteiger partial charge in [-0.15, -0.1) is 0 Å². The number of nitrogens with one attached hydrogen (secondary N) is 1. The van der Waals surface area contributed by atoms with Gasteiger partial charge in [0.05, 0.1) is 30.5 Å². The molecule has 25 heavy (non-hydrogen) atoms.